The fourth-order valence-electron chi connectivity index (χ4n) is 1.89. The first-order valence-electron chi connectivity index (χ1n) is 6.06. The van der Waals surface area contributed by atoms with Crippen molar-refractivity contribution < 1.29 is 23.1 Å². The summed E-state index contributed by atoms with van der Waals surface area (Å²) in [6, 6.07) is 4.93. The number of anilines is 1. The van der Waals surface area contributed by atoms with Gasteiger partial charge in [0.05, 0.1) is 0 Å². The second kappa shape index (κ2) is 6.97. The van der Waals surface area contributed by atoms with Crippen molar-refractivity contribution in [3.63, 3.8) is 0 Å². The lowest BCUT2D eigenvalue weighted by molar-refractivity contribution is -0.140. The van der Waals surface area contributed by atoms with E-state index in [1.807, 2.05) is 0 Å². The number of benzene rings is 1. The maximum atomic E-state index is 12.7. The summed E-state index contributed by atoms with van der Waals surface area (Å²) in [7, 11) is 0. The molecule has 0 aliphatic carbocycles. The Bertz CT molecular complexity index is 448. The molecule has 1 aromatic rings. The Morgan fingerprint density at radius 3 is 2.30 bits per heavy atom. The SMILES string of the molecule is CCCC(C(=O)O)N(CC(F)(F)F)c1ccc(Br)cc1. The number of nitrogens with zero attached hydrogens (tertiary/aromatic N) is 1. The van der Waals surface area contributed by atoms with Gasteiger partial charge in [-0.25, -0.2) is 4.79 Å². The minimum Gasteiger partial charge on any atom is -0.480 e. The van der Waals surface area contributed by atoms with Crippen LogP contribution in [-0.2, 0) is 4.79 Å². The summed E-state index contributed by atoms with van der Waals surface area (Å²) in [6.07, 6.45) is -3.82. The molecule has 3 nitrogen and oxygen atoms in total. The van der Waals surface area contributed by atoms with Gasteiger partial charge in [-0.05, 0) is 30.7 Å². The van der Waals surface area contributed by atoms with Crippen molar-refractivity contribution in [2.45, 2.75) is 32.0 Å². The number of rotatable bonds is 6. The molecule has 0 radical (unpaired) electrons. The number of carboxylic acids is 1. The Hall–Kier alpha value is -1.24. The quantitative estimate of drug-likeness (QED) is 0.837. The van der Waals surface area contributed by atoms with Crippen LogP contribution in [0.25, 0.3) is 0 Å². The molecule has 0 spiro atoms. The summed E-state index contributed by atoms with van der Waals surface area (Å²) in [5.74, 6) is -1.25. The molecule has 1 unspecified atom stereocenters. The van der Waals surface area contributed by atoms with E-state index in [-0.39, 0.29) is 12.1 Å². The largest absolute Gasteiger partial charge is 0.480 e. The Balaban J connectivity index is 3.12. The Kier molecular flexibility index (Phi) is 5.86. The maximum absolute atomic E-state index is 12.7. The minimum absolute atomic E-state index is 0.154. The van der Waals surface area contributed by atoms with Gasteiger partial charge in [0.25, 0.3) is 0 Å². The van der Waals surface area contributed by atoms with Crippen molar-refractivity contribution in [3.05, 3.63) is 28.7 Å². The molecule has 0 fully saturated rings. The average molecular weight is 354 g/mol. The van der Waals surface area contributed by atoms with Crippen LogP contribution in [-0.4, -0.2) is 29.8 Å². The van der Waals surface area contributed by atoms with Crippen molar-refractivity contribution in [3.8, 4) is 0 Å². The van der Waals surface area contributed by atoms with Crippen molar-refractivity contribution in [2.75, 3.05) is 11.4 Å². The highest BCUT2D eigenvalue weighted by Crippen LogP contribution is 2.27. The molecule has 1 rings (SSSR count). The number of carboxylic acid groups (broad SMARTS) is 1. The molecular formula is C13H15BrF3NO2. The fraction of sp³-hybridized carbons (Fsp3) is 0.462. The van der Waals surface area contributed by atoms with Crippen LogP contribution in [0.4, 0.5) is 18.9 Å². The van der Waals surface area contributed by atoms with E-state index in [9.17, 15) is 18.0 Å². The fourth-order valence-corrected chi connectivity index (χ4v) is 2.16. The van der Waals surface area contributed by atoms with Crippen LogP contribution in [0.15, 0.2) is 28.7 Å². The van der Waals surface area contributed by atoms with Crippen LogP contribution in [0.3, 0.4) is 0 Å². The normalized spacial score (nSPS) is 13.1. The Morgan fingerprint density at radius 2 is 1.90 bits per heavy atom. The van der Waals surface area contributed by atoms with E-state index in [0.717, 1.165) is 9.37 Å². The molecule has 1 aromatic carbocycles. The number of hydrogen-bond donors (Lipinski definition) is 1. The van der Waals surface area contributed by atoms with Crippen LogP contribution in [0, 0.1) is 0 Å². The van der Waals surface area contributed by atoms with Gasteiger partial charge in [-0.1, -0.05) is 29.3 Å². The van der Waals surface area contributed by atoms with Crippen LogP contribution >= 0.6 is 15.9 Å². The van der Waals surface area contributed by atoms with Gasteiger partial charge < -0.3 is 10.0 Å². The first kappa shape index (κ1) is 16.8. The summed E-state index contributed by atoms with van der Waals surface area (Å²) < 4.78 is 38.8. The van der Waals surface area contributed by atoms with Crippen LogP contribution in [0.2, 0.25) is 0 Å². The summed E-state index contributed by atoms with van der Waals surface area (Å²) in [4.78, 5) is 12.1. The summed E-state index contributed by atoms with van der Waals surface area (Å²) >= 11 is 3.20. The van der Waals surface area contributed by atoms with E-state index in [4.69, 9.17) is 5.11 Å². The molecule has 7 heteroatoms. The second-order valence-corrected chi connectivity index (χ2v) is 5.28. The monoisotopic (exact) mass is 353 g/mol. The minimum atomic E-state index is -4.46. The van der Waals surface area contributed by atoms with Gasteiger partial charge in [0, 0.05) is 10.2 Å². The van der Waals surface area contributed by atoms with Crippen molar-refractivity contribution in [1.29, 1.82) is 0 Å². The molecule has 0 aliphatic heterocycles. The molecule has 0 heterocycles. The molecular weight excluding hydrogens is 339 g/mol. The summed E-state index contributed by atoms with van der Waals surface area (Å²) in [6.45, 7) is 0.453. The Morgan fingerprint density at radius 1 is 1.35 bits per heavy atom. The zero-order valence-electron chi connectivity index (χ0n) is 10.8. The van der Waals surface area contributed by atoms with Gasteiger partial charge in [0.15, 0.2) is 0 Å². The van der Waals surface area contributed by atoms with Gasteiger partial charge in [-0.2, -0.15) is 13.2 Å². The smallest absolute Gasteiger partial charge is 0.405 e. The molecule has 20 heavy (non-hydrogen) atoms. The summed E-state index contributed by atoms with van der Waals surface area (Å²) in [5.41, 5.74) is 0.242. The topological polar surface area (TPSA) is 40.5 Å². The molecule has 0 aliphatic rings. The zero-order chi connectivity index (χ0) is 15.3. The first-order valence-corrected chi connectivity index (χ1v) is 6.85. The number of hydrogen-bond acceptors (Lipinski definition) is 2. The number of alkyl halides is 3. The number of carbonyl (C=O) groups is 1. The van der Waals surface area contributed by atoms with E-state index in [1.54, 1.807) is 19.1 Å². The molecule has 1 N–H and O–H groups in total. The molecule has 0 aromatic heterocycles. The lowest BCUT2D eigenvalue weighted by atomic mass is 10.1. The third kappa shape index (κ3) is 5.03. The predicted octanol–water partition coefficient (Wildman–Crippen LogP) is 4.07. The average Bonchev–Trinajstić information content (AvgIpc) is 2.33. The number of aliphatic carboxylic acids is 1. The zero-order valence-corrected chi connectivity index (χ0v) is 12.4. The van der Waals surface area contributed by atoms with Crippen molar-refractivity contribution in [1.82, 2.24) is 0 Å². The highest BCUT2D eigenvalue weighted by Gasteiger charge is 2.36. The van der Waals surface area contributed by atoms with Crippen LogP contribution < -0.4 is 4.90 Å². The van der Waals surface area contributed by atoms with Gasteiger partial charge in [-0.15, -0.1) is 0 Å². The second-order valence-electron chi connectivity index (χ2n) is 4.36. The maximum Gasteiger partial charge on any atom is 0.405 e. The predicted molar refractivity (Wildman–Crippen MR) is 73.9 cm³/mol. The van der Waals surface area contributed by atoms with E-state index < -0.39 is 24.7 Å². The van der Waals surface area contributed by atoms with Crippen LogP contribution in [0.1, 0.15) is 19.8 Å². The summed E-state index contributed by atoms with van der Waals surface area (Å²) in [5, 5.41) is 9.17. The van der Waals surface area contributed by atoms with Gasteiger partial charge in [0.2, 0.25) is 0 Å². The first-order chi connectivity index (χ1) is 9.24. The van der Waals surface area contributed by atoms with E-state index in [1.165, 1.54) is 12.1 Å². The van der Waals surface area contributed by atoms with Crippen molar-refractivity contribution in [2.24, 2.45) is 0 Å². The molecule has 0 bridgehead atoms. The van der Waals surface area contributed by atoms with Crippen LogP contribution in [0.5, 0.6) is 0 Å². The van der Waals surface area contributed by atoms with E-state index in [0.29, 0.717) is 6.42 Å². The van der Waals surface area contributed by atoms with E-state index in [2.05, 4.69) is 15.9 Å². The lowest BCUT2D eigenvalue weighted by Gasteiger charge is -2.31. The molecule has 0 saturated heterocycles. The molecule has 1 atom stereocenters. The van der Waals surface area contributed by atoms with Gasteiger partial charge >= 0.3 is 12.1 Å². The van der Waals surface area contributed by atoms with E-state index >= 15 is 0 Å². The molecule has 112 valence electrons. The highest BCUT2D eigenvalue weighted by atomic mass is 79.9. The standard InChI is InChI=1S/C13H15BrF3NO2/c1-2-3-11(12(19)20)18(8-13(15,16)17)10-6-4-9(14)5-7-10/h4-7,11H,2-3,8H2,1H3,(H,19,20). The number of halogens is 4. The van der Waals surface area contributed by atoms with Gasteiger partial charge in [0.1, 0.15) is 12.6 Å². The van der Waals surface area contributed by atoms with Crippen molar-refractivity contribution >= 4 is 27.6 Å². The third-order valence-electron chi connectivity index (χ3n) is 2.73. The van der Waals surface area contributed by atoms with Gasteiger partial charge in [-0.3, -0.25) is 0 Å². The Labute approximate surface area is 123 Å². The molecule has 0 saturated carbocycles. The third-order valence-corrected chi connectivity index (χ3v) is 3.26. The highest BCUT2D eigenvalue weighted by molar-refractivity contribution is 9.10. The lowest BCUT2D eigenvalue weighted by Crippen LogP contribution is -2.46. The molecule has 0 amide bonds.